The summed E-state index contributed by atoms with van der Waals surface area (Å²) >= 11 is 3.28. The van der Waals surface area contributed by atoms with E-state index in [1.165, 1.54) is 26.4 Å². The van der Waals surface area contributed by atoms with Crippen LogP contribution in [0.15, 0.2) is 33.2 Å². The molecule has 0 atom stereocenters. The van der Waals surface area contributed by atoms with Crippen LogP contribution < -0.4 is 9.47 Å². The first-order valence-corrected chi connectivity index (χ1v) is 6.47. The monoisotopic (exact) mass is 355 g/mol. The number of nitrogens with zero attached hydrogens (tertiary/aromatic N) is 1. The second kappa shape index (κ2) is 5.96. The lowest BCUT2D eigenvalue weighted by Crippen LogP contribution is -2.04. The van der Waals surface area contributed by atoms with E-state index in [1.54, 1.807) is 6.07 Å². The minimum atomic E-state index is -0.712. The highest BCUT2D eigenvalue weighted by Gasteiger charge is 2.23. The molecule has 0 unspecified atom stereocenters. The van der Waals surface area contributed by atoms with Crippen LogP contribution in [-0.2, 0) is 0 Å². The summed E-state index contributed by atoms with van der Waals surface area (Å²) in [4.78, 5) is 22.3. The maximum absolute atomic E-state index is 12.4. The van der Waals surface area contributed by atoms with Crippen molar-refractivity contribution in [3.05, 3.63) is 50.2 Å². The molecule has 0 radical (unpaired) electrons. The van der Waals surface area contributed by atoms with E-state index in [2.05, 4.69) is 15.9 Å². The lowest BCUT2D eigenvalue weighted by molar-refractivity contribution is -0.402. The number of carbonyl (C=O) groups excluding carboxylic acids is 1. The maximum Gasteiger partial charge on any atom is 0.433 e. The molecule has 21 heavy (non-hydrogen) atoms. The van der Waals surface area contributed by atoms with Crippen LogP contribution >= 0.6 is 15.9 Å². The van der Waals surface area contributed by atoms with Crippen LogP contribution in [0.1, 0.15) is 16.1 Å². The number of hydrogen-bond donors (Lipinski definition) is 0. The fourth-order valence-corrected chi connectivity index (χ4v) is 2.20. The fourth-order valence-electron chi connectivity index (χ4n) is 1.72. The second-order valence-electron chi connectivity index (χ2n) is 3.91. The molecule has 1 heterocycles. The summed E-state index contributed by atoms with van der Waals surface area (Å²) in [7, 11) is 2.87. The fraction of sp³-hybridized carbons (Fsp3) is 0.154. The van der Waals surface area contributed by atoms with Crippen molar-refractivity contribution >= 4 is 27.6 Å². The van der Waals surface area contributed by atoms with E-state index in [9.17, 15) is 14.9 Å². The van der Waals surface area contributed by atoms with E-state index in [0.717, 1.165) is 6.07 Å². The first-order chi connectivity index (χ1) is 9.97. The van der Waals surface area contributed by atoms with E-state index >= 15 is 0 Å². The van der Waals surface area contributed by atoms with Crippen LogP contribution in [0, 0.1) is 10.1 Å². The van der Waals surface area contributed by atoms with E-state index in [-0.39, 0.29) is 11.3 Å². The average molecular weight is 356 g/mol. The number of nitro groups is 1. The minimum Gasteiger partial charge on any atom is -0.496 e. The Morgan fingerprint density at radius 3 is 2.43 bits per heavy atom. The highest BCUT2D eigenvalue weighted by Crippen LogP contribution is 2.34. The molecule has 2 aromatic rings. The Labute approximate surface area is 127 Å². The smallest absolute Gasteiger partial charge is 0.433 e. The summed E-state index contributed by atoms with van der Waals surface area (Å²) in [5.41, 5.74) is 0.182. The number of methoxy groups -OCH3 is 2. The van der Waals surface area contributed by atoms with Gasteiger partial charge in [-0.25, -0.2) is 0 Å². The maximum atomic E-state index is 12.4. The number of ketones is 1. The molecule has 8 heteroatoms. The van der Waals surface area contributed by atoms with E-state index in [1.807, 2.05) is 0 Å². The molecule has 0 aliphatic rings. The average Bonchev–Trinajstić information content (AvgIpc) is 2.96. The lowest BCUT2D eigenvalue weighted by Gasteiger charge is -2.10. The molecule has 0 bridgehead atoms. The van der Waals surface area contributed by atoms with Gasteiger partial charge in [0.25, 0.3) is 0 Å². The molecule has 7 nitrogen and oxygen atoms in total. The zero-order chi connectivity index (χ0) is 15.6. The Morgan fingerprint density at radius 2 is 1.90 bits per heavy atom. The number of ether oxygens (including phenoxy) is 2. The Morgan fingerprint density at radius 1 is 1.24 bits per heavy atom. The second-order valence-corrected chi connectivity index (χ2v) is 4.77. The molecule has 110 valence electrons. The van der Waals surface area contributed by atoms with Gasteiger partial charge in [-0.1, -0.05) is 0 Å². The molecular weight excluding hydrogens is 346 g/mol. The van der Waals surface area contributed by atoms with Crippen LogP contribution in [-0.4, -0.2) is 24.9 Å². The summed E-state index contributed by atoms with van der Waals surface area (Å²) in [6.45, 7) is 0. The number of halogens is 1. The molecule has 0 N–H and O–H groups in total. The summed E-state index contributed by atoms with van der Waals surface area (Å²) < 4.78 is 15.8. The number of hydrogen-bond acceptors (Lipinski definition) is 6. The van der Waals surface area contributed by atoms with Crippen molar-refractivity contribution in [2.75, 3.05) is 14.2 Å². The first kappa shape index (κ1) is 15.0. The lowest BCUT2D eigenvalue weighted by atomic mass is 10.1. The quantitative estimate of drug-likeness (QED) is 0.464. The van der Waals surface area contributed by atoms with E-state index in [4.69, 9.17) is 13.9 Å². The molecule has 2 rings (SSSR count). The molecule has 1 aromatic carbocycles. The number of carbonyl (C=O) groups is 1. The van der Waals surface area contributed by atoms with Crippen molar-refractivity contribution in [1.82, 2.24) is 0 Å². The largest absolute Gasteiger partial charge is 0.496 e. The van der Waals surface area contributed by atoms with Gasteiger partial charge in [0.05, 0.1) is 30.3 Å². The first-order valence-electron chi connectivity index (χ1n) is 5.68. The Hall–Kier alpha value is -2.35. The molecular formula is C13H10BrNO6. The van der Waals surface area contributed by atoms with E-state index < -0.39 is 16.6 Å². The minimum absolute atomic E-state index is 0.149. The van der Waals surface area contributed by atoms with Gasteiger partial charge in [-0.05, 0) is 34.1 Å². The molecule has 1 aromatic heterocycles. The van der Waals surface area contributed by atoms with Gasteiger partial charge in [0.1, 0.15) is 16.4 Å². The predicted octanol–water partition coefficient (Wildman–Crippen LogP) is 3.20. The van der Waals surface area contributed by atoms with Gasteiger partial charge in [0.2, 0.25) is 5.78 Å². The van der Waals surface area contributed by atoms with Gasteiger partial charge in [0, 0.05) is 0 Å². The predicted molar refractivity (Wildman–Crippen MR) is 76.0 cm³/mol. The summed E-state index contributed by atoms with van der Waals surface area (Å²) in [6, 6.07) is 5.41. The standard InChI is InChI=1S/C13H10BrNO6/c1-19-10-6-8(14)11(20-2)5-7(10)13(16)9-3-4-12(21-9)15(17)18/h3-6H,1-2H3. The number of rotatable bonds is 5. The van der Waals surface area contributed by atoms with Crippen molar-refractivity contribution in [2.45, 2.75) is 0 Å². The third-order valence-corrected chi connectivity index (χ3v) is 3.33. The summed E-state index contributed by atoms with van der Waals surface area (Å²) in [6.07, 6.45) is 0. The van der Waals surface area contributed by atoms with Crippen molar-refractivity contribution in [3.8, 4) is 11.5 Å². The van der Waals surface area contributed by atoms with Crippen molar-refractivity contribution in [2.24, 2.45) is 0 Å². The zero-order valence-corrected chi connectivity index (χ0v) is 12.7. The summed E-state index contributed by atoms with van der Waals surface area (Å²) in [5, 5.41) is 10.6. The molecule has 0 amide bonds. The Bertz CT molecular complexity index is 709. The number of benzene rings is 1. The topological polar surface area (TPSA) is 91.8 Å². The van der Waals surface area contributed by atoms with Crippen molar-refractivity contribution < 1.29 is 23.6 Å². The highest BCUT2D eigenvalue weighted by molar-refractivity contribution is 9.10. The van der Waals surface area contributed by atoms with Gasteiger partial charge in [-0.15, -0.1) is 0 Å². The van der Waals surface area contributed by atoms with Crippen LogP contribution in [0.5, 0.6) is 11.5 Å². The Balaban J connectivity index is 2.48. The van der Waals surface area contributed by atoms with Crippen molar-refractivity contribution in [1.29, 1.82) is 0 Å². The molecule has 0 fully saturated rings. The van der Waals surface area contributed by atoms with Crippen molar-refractivity contribution in [3.63, 3.8) is 0 Å². The zero-order valence-electron chi connectivity index (χ0n) is 11.1. The van der Waals surface area contributed by atoms with Crippen LogP contribution in [0.2, 0.25) is 0 Å². The molecule has 0 aliphatic carbocycles. The van der Waals surface area contributed by atoms with Gasteiger partial charge in [-0.2, -0.15) is 0 Å². The molecule has 0 spiro atoms. The molecule has 0 saturated heterocycles. The third kappa shape index (κ3) is 2.89. The molecule has 0 aliphatic heterocycles. The van der Waals surface area contributed by atoms with Gasteiger partial charge < -0.3 is 13.9 Å². The van der Waals surface area contributed by atoms with Gasteiger partial charge >= 0.3 is 5.88 Å². The normalized spacial score (nSPS) is 10.2. The van der Waals surface area contributed by atoms with Gasteiger partial charge in [-0.3, -0.25) is 14.9 Å². The van der Waals surface area contributed by atoms with Gasteiger partial charge in [0.15, 0.2) is 5.76 Å². The van der Waals surface area contributed by atoms with Crippen LogP contribution in [0.4, 0.5) is 5.88 Å². The Kier molecular flexibility index (Phi) is 4.27. The summed E-state index contributed by atoms with van der Waals surface area (Å²) in [5.74, 6) is -0.455. The SMILES string of the molecule is COc1cc(C(=O)c2ccc([N+](=O)[O-])o2)c(OC)cc1Br. The number of furan rings is 1. The molecule has 0 saturated carbocycles. The van der Waals surface area contributed by atoms with E-state index in [0.29, 0.717) is 16.0 Å². The highest BCUT2D eigenvalue weighted by atomic mass is 79.9. The van der Waals surface area contributed by atoms with Crippen LogP contribution in [0.3, 0.4) is 0 Å². The van der Waals surface area contributed by atoms with Crippen LogP contribution in [0.25, 0.3) is 0 Å². The third-order valence-electron chi connectivity index (χ3n) is 2.71.